The minimum Gasteiger partial charge on any atom is -0.377 e. The van der Waals surface area contributed by atoms with E-state index in [0.717, 1.165) is 13.0 Å². The van der Waals surface area contributed by atoms with Crippen molar-refractivity contribution in [3.63, 3.8) is 0 Å². The molecule has 0 aromatic rings. The van der Waals surface area contributed by atoms with Crippen LogP contribution in [0.4, 0.5) is 0 Å². The van der Waals surface area contributed by atoms with Crippen LogP contribution in [0.1, 0.15) is 13.3 Å². The number of nitrogens with one attached hydrogen (secondary N) is 2. The third kappa shape index (κ3) is 3.47. The maximum Gasteiger partial charge on any atom is 0.234 e. The van der Waals surface area contributed by atoms with Crippen LogP contribution in [0.5, 0.6) is 0 Å². The summed E-state index contributed by atoms with van der Waals surface area (Å²) < 4.78 is 5.37. The summed E-state index contributed by atoms with van der Waals surface area (Å²) in [6.07, 6.45) is 2.86. The lowest BCUT2D eigenvalue weighted by Crippen LogP contribution is -2.42. The molecule has 2 atom stereocenters. The Hall–Kier alpha value is -0.870. The fourth-order valence-corrected chi connectivity index (χ4v) is 1.47. The number of hydrogen-bond acceptors (Lipinski definition) is 3. The second kappa shape index (κ2) is 5.78. The van der Waals surface area contributed by atoms with Gasteiger partial charge in [-0.3, -0.25) is 4.79 Å². The summed E-state index contributed by atoms with van der Waals surface area (Å²) in [7, 11) is 0. The number of amides is 1. The Morgan fingerprint density at radius 1 is 1.71 bits per heavy atom. The first-order valence-corrected chi connectivity index (χ1v) is 4.96. The first-order valence-electron chi connectivity index (χ1n) is 4.96. The number of carbonyl (C=O) groups excluding carboxylic acids is 1. The van der Waals surface area contributed by atoms with E-state index < -0.39 is 0 Å². The molecule has 1 aliphatic rings. The van der Waals surface area contributed by atoms with Gasteiger partial charge in [0, 0.05) is 19.2 Å². The van der Waals surface area contributed by atoms with Gasteiger partial charge in [0.15, 0.2) is 0 Å². The van der Waals surface area contributed by atoms with Crippen molar-refractivity contribution in [1.29, 1.82) is 0 Å². The standard InChI is InChI=1S/C10H18N2O2/c1-3-5-11-10(13)7-12-9-4-6-14-8(9)2/h3,8-9,12H,1,4-7H2,2H3,(H,11,13). The van der Waals surface area contributed by atoms with Gasteiger partial charge in [0.1, 0.15) is 0 Å². The highest BCUT2D eigenvalue weighted by Crippen LogP contribution is 2.11. The molecule has 0 aromatic heterocycles. The van der Waals surface area contributed by atoms with E-state index in [1.54, 1.807) is 6.08 Å². The fraction of sp³-hybridized carbons (Fsp3) is 0.700. The van der Waals surface area contributed by atoms with Gasteiger partial charge in [0.05, 0.1) is 12.6 Å². The van der Waals surface area contributed by atoms with Gasteiger partial charge >= 0.3 is 0 Å². The normalized spacial score (nSPS) is 26.1. The molecule has 0 spiro atoms. The summed E-state index contributed by atoms with van der Waals surface area (Å²) in [5, 5.41) is 5.88. The van der Waals surface area contributed by atoms with Crippen molar-refractivity contribution in [3.05, 3.63) is 12.7 Å². The van der Waals surface area contributed by atoms with Crippen molar-refractivity contribution >= 4 is 5.91 Å². The van der Waals surface area contributed by atoms with Crippen molar-refractivity contribution in [2.75, 3.05) is 19.7 Å². The smallest absolute Gasteiger partial charge is 0.234 e. The van der Waals surface area contributed by atoms with Crippen molar-refractivity contribution in [2.24, 2.45) is 0 Å². The molecular formula is C10H18N2O2. The summed E-state index contributed by atoms with van der Waals surface area (Å²) in [6, 6.07) is 0.310. The van der Waals surface area contributed by atoms with Crippen LogP contribution in [-0.4, -0.2) is 37.7 Å². The van der Waals surface area contributed by atoms with Crippen molar-refractivity contribution < 1.29 is 9.53 Å². The van der Waals surface area contributed by atoms with Crippen LogP contribution < -0.4 is 10.6 Å². The fourth-order valence-electron chi connectivity index (χ4n) is 1.47. The van der Waals surface area contributed by atoms with Gasteiger partial charge in [-0.1, -0.05) is 6.08 Å². The number of rotatable bonds is 5. The van der Waals surface area contributed by atoms with Gasteiger partial charge < -0.3 is 15.4 Å². The predicted molar refractivity (Wildman–Crippen MR) is 55.0 cm³/mol. The zero-order valence-electron chi connectivity index (χ0n) is 8.58. The maximum absolute atomic E-state index is 11.2. The lowest BCUT2D eigenvalue weighted by molar-refractivity contribution is -0.120. The van der Waals surface area contributed by atoms with E-state index in [-0.39, 0.29) is 12.0 Å². The lowest BCUT2D eigenvalue weighted by Gasteiger charge is -2.15. The summed E-state index contributed by atoms with van der Waals surface area (Å²) in [4.78, 5) is 11.2. The second-order valence-corrected chi connectivity index (χ2v) is 3.44. The molecule has 80 valence electrons. The third-order valence-electron chi connectivity index (χ3n) is 2.34. The predicted octanol–water partition coefficient (Wildman–Crippen LogP) is 0.0556. The van der Waals surface area contributed by atoms with E-state index in [1.807, 2.05) is 6.92 Å². The topological polar surface area (TPSA) is 50.4 Å². The summed E-state index contributed by atoms with van der Waals surface area (Å²) in [5.41, 5.74) is 0. The molecule has 1 rings (SSSR count). The molecule has 0 radical (unpaired) electrons. The first-order chi connectivity index (χ1) is 6.74. The Labute approximate surface area is 84.7 Å². The van der Waals surface area contributed by atoms with Gasteiger partial charge in [-0.25, -0.2) is 0 Å². The zero-order valence-corrected chi connectivity index (χ0v) is 8.58. The molecule has 2 unspecified atom stereocenters. The highest BCUT2D eigenvalue weighted by Gasteiger charge is 2.23. The van der Waals surface area contributed by atoms with Gasteiger partial charge in [0.2, 0.25) is 5.91 Å². The molecule has 0 aliphatic carbocycles. The largest absolute Gasteiger partial charge is 0.377 e. The third-order valence-corrected chi connectivity index (χ3v) is 2.34. The van der Waals surface area contributed by atoms with Crippen molar-refractivity contribution in [1.82, 2.24) is 10.6 Å². The van der Waals surface area contributed by atoms with E-state index >= 15 is 0 Å². The minimum absolute atomic E-state index is 0.00370. The van der Waals surface area contributed by atoms with Crippen LogP contribution in [0.25, 0.3) is 0 Å². The Kier molecular flexibility index (Phi) is 4.62. The van der Waals surface area contributed by atoms with Crippen molar-refractivity contribution in [2.45, 2.75) is 25.5 Å². The number of ether oxygens (including phenoxy) is 1. The molecule has 0 aromatic carbocycles. The molecule has 1 saturated heterocycles. The first kappa shape index (κ1) is 11.2. The molecule has 0 bridgehead atoms. The van der Waals surface area contributed by atoms with Gasteiger partial charge in [0.25, 0.3) is 0 Å². The van der Waals surface area contributed by atoms with E-state index in [1.165, 1.54) is 0 Å². The molecule has 4 heteroatoms. The van der Waals surface area contributed by atoms with Crippen molar-refractivity contribution in [3.8, 4) is 0 Å². The molecular weight excluding hydrogens is 180 g/mol. The molecule has 4 nitrogen and oxygen atoms in total. The average molecular weight is 198 g/mol. The van der Waals surface area contributed by atoms with Gasteiger partial charge in [-0.05, 0) is 13.3 Å². The van der Waals surface area contributed by atoms with Crippen LogP contribution in [0.15, 0.2) is 12.7 Å². The average Bonchev–Trinajstić information content (AvgIpc) is 2.58. The van der Waals surface area contributed by atoms with Crippen LogP contribution in [-0.2, 0) is 9.53 Å². The molecule has 14 heavy (non-hydrogen) atoms. The second-order valence-electron chi connectivity index (χ2n) is 3.44. The summed E-state index contributed by atoms with van der Waals surface area (Å²) >= 11 is 0. The van der Waals surface area contributed by atoms with Crippen LogP contribution >= 0.6 is 0 Å². The van der Waals surface area contributed by atoms with E-state index in [0.29, 0.717) is 19.1 Å². The summed E-state index contributed by atoms with van der Waals surface area (Å²) in [6.45, 7) is 7.21. The van der Waals surface area contributed by atoms with Crippen LogP contribution in [0.3, 0.4) is 0 Å². The SMILES string of the molecule is C=CCNC(=O)CNC1CCOC1C. The Balaban J connectivity index is 2.13. The Bertz CT molecular complexity index is 206. The van der Waals surface area contributed by atoms with Crippen LogP contribution in [0.2, 0.25) is 0 Å². The maximum atomic E-state index is 11.2. The van der Waals surface area contributed by atoms with Crippen LogP contribution in [0, 0.1) is 0 Å². The van der Waals surface area contributed by atoms with E-state index in [2.05, 4.69) is 17.2 Å². The Morgan fingerprint density at radius 3 is 3.07 bits per heavy atom. The quantitative estimate of drug-likeness (QED) is 0.614. The minimum atomic E-state index is 0.00370. The number of carbonyl (C=O) groups is 1. The molecule has 1 heterocycles. The monoisotopic (exact) mass is 198 g/mol. The van der Waals surface area contributed by atoms with E-state index in [4.69, 9.17) is 4.74 Å². The molecule has 1 amide bonds. The number of hydrogen-bond donors (Lipinski definition) is 2. The highest BCUT2D eigenvalue weighted by molar-refractivity contribution is 5.78. The van der Waals surface area contributed by atoms with Gasteiger partial charge in [-0.2, -0.15) is 0 Å². The highest BCUT2D eigenvalue weighted by atomic mass is 16.5. The van der Waals surface area contributed by atoms with Gasteiger partial charge in [-0.15, -0.1) is 6.58 Å². The molecule has 1 fully saturated rings. The zero-order chi connectivity index (χ0) is 10.4. The summed E-state index contributed by atoms with van der Waals surface area (Å²) in [5.74, 6) is 0.00370. The Morgan fingerprint density at radius 2 is 2.50 bits per heavy atom. The molecule has 0 saturated carbocycles. The molecule has 2 N–H and O–H groups in total. The molecule has 1 aliphatic heterocycles. The lowest BCUT2D eigenvalue weighted by atomic mass is 10.1. The van der Waals surface area contributed by atoms with E-state index in [9.17, 15) is 4.79 Å².